The van der Waals surface area contributed by atoms with E-state index >= 15 is 0 Å². The Morgan fingerprint density at radius 3 is 2.93 bits per heavy atom. The molecule has 1 atom stereocenters. The maximum Gasteiger partial charge on any atom is 0.315 e. The van der Waals surface area contributed by atoms with Crippen molar-refractivity contribution in [2.24, 2.45) is 5.92 Å². The van der Waals surface area contributed by atoms with E-state index < -0.39 is 0 Å². The van der Waals surface area contributed by atoms with Crippen molar-refractivity contribution in [1.29, 1.82) is 0 Å². The van der Waals surface area contributed by atoms with Crippen molar-refractivity contribution in [3.05, 3.63) is 5.89 Å². The molecular formula is C10H18N4O. The first-order valence-electron chi connectivity index (χ1n) is 5.60. The van der Waals surface area contributed by atoms with Crippen LogP contribution in [0.1, 0.15) is 38.6 Å². The average molecular weight is 210 g/mol. The van der Waals surface area contributed by atoms with Gasteiger partial charge in [0.25, 0.3) is 0 Å². The largest absolute Gasteiger partial charge is 0.406 e. The lowest BCUT2D eigenvalue weighted by Crippen LogP contribution is -2.17. The zero-order chi connectivity index (χ0) is 10.7. The third kappa shape index (κ3) is 2.92. The highest BCUT2D eigenvalue weighted by atomic mass is 16.4. The summed E-state index contributed by atoms with van der Waals surface area (Å²) in [6.45, 7) is 5.92. The van der Waals surface area contributed by atoms with Crippen LogP contribution < -0.4 is 10.6 Å². The zero-order valence-corrected chi connectivity index (χ0v) is 9.29. The third-order valence-corrected chi connectivity index (χ3v) is 2.56. The quantitative estimate of drug-likeness (QED) is 0.746. The predicted octanol–water partition coefficient (Wildman–Crippen LogP) is 1.56. The molecule has 15 heavy (non-hydrogen) atoms. The number of hydrogen-bond acceptors (Lipinski definition) is 5. The van der Waals surface area contributed by atoms with Crippen molar-refractivity contribution < 1.29 is 4.42 Å². The zero-order valence-electron chi connectivity index (χ0n) is 9.29. The van der Waals surface area contributed by atoms with Gasteiger partial charge in [0, 0.05) is 6.54 Å². The van der Waals surface area contributed by atoms with Gasteiger partial charge in [0.2, 0.25) is 5.89 Å². The summed E-state index contributed by atoms with van der Waals surface area (Å²) in [7, 11) is 0. The Hall–Kier alpha value is -1.10. The van der Waals surface area contributed by atoms with Crippen molar-refractivity contribution in [3.63, 3.8) is 0 Å². The van der Waals surface area contributed by atoms with Gasteiger partial charge in [0.15, 0.2) is 0 Å². The van der Waals surface area contributed by atoms with Crippen LogP contribution in [0.3, 0.4) is 0 Å². The van der Waals surface area contributed by atoms with Crippen LogP contribution in [-0.4, -0.2) is 23.3 Å². The first-order chi connectivity index (χ1) is 7.29. The standard InChI is InChI=1S/C10H18N4O/c1-3-11-7(2)9-13-14-10(15-9)12-6-8-4-5-8/h7-8,11H,3-6H2,1-2H3,(H,12,14). The summed E-state index contributed by atoms with van der Waals surface area (Å²) >= 11 is 0. The van der Waals surface area contributed by atoms with Crippen molar-refractivity contribution in [3.8, 4) is 0 Å². The van der Waals surface area contributed by atoms with Gasteiger partial charge in [0.1, 0.15) is 0 Å². The molecule has 84 valence electrons. The molecule has 0 aliphatic heterocycles. The van der Waals surface area contributed by atoms with E-state index in [4.69, 9.17) is 4.42 Å². The lowest BCUT2D eigenvalue weighted by atomic mass is 10.3. The number of anilines is 1. The lowest BCUT2D eigenvalue weighted by molar-refractivity contribution is 0.428. The summed E-state index contributed by atoms with van der Waals surface area (Å²) in [4.78, 5) is 0. The SMILES string of the molecule is CCNC(C)c1nnc(NCC2CC2)o1. The lowest BCUT2D eigenvalue weighted by Gasteiger charge is -2.05. The Kier molecular flexibility index (Phi) is 3.20. The summed E-state index contributed by atoms with van der Waals surface area (Å²) in [5.41, 5.74) is 0. The van der Waals surface area contributed by atoms with E-state index in [2.05, 4.69) is 27.8 Å². The fourth-order valence-corrected chi connectivity index (χ4v) is 1.43. The minimum atomic E-state index is 0.124. The second kappa shape index (κ2) is 4.61. The molecule has 1 aromatic heterocycles. The van der Waals surface area contributed by atoms with Crippen molar-refractivity contribution >= 4 is 6.01 Å². The van der Waals surface area contributed by atoms with E-state index in [9.17, 15) is 0 Å². The summed E-state index contributed by atoms with van der Waals surface area (Å²) in [6, 6.07) is 0.667. The van der Waals surface area contributed by atoms with Gasteiger partial charge in [-0.3, -0.25) is 0 Å². The molecule has 0 radical (unpaired) electrons. The third-order valence-electron chi connectivity index (χ3n) is 2.56. The average Bonchev–Trinajstić information content (AvgIpc) is 2.93. The molecule has 5 heteroatoms. The van der Waals surface area contributed by atoms with Crippen LogP contribution in [0.2, 0.25) is 0 Å². The van der Waals surface area contributed by atoms with E-state index in [0.29, 0.717) is 11.9 Å². The van der Waals surface area contributed by atoms with Crippen LogP contribution >= 0.6 is 0 Å². The van der Waals surface area contributed by atoms with Crippen molar-refractivity contribution in [2.45, 2.75) is 32.7 Å². The molecule has 1 aliphatic rings. The van der Waals surface area contributed by atoms with Gasteiger partial charge in [-0.05, 0) is 32.2 Å². The summed E-state index contributed by atoms with van der Waals surface area (Å²) in [6.07, 6.45) is 2.64. The number of nitrogens with one attached hydrogen (secondary N) is 2. The van der Waals surface area contributed by atoms with E-state index in [1.165, 1.54) is 12.8 Å². The van der Waals surface area contributed by atoms with Crippen LogP contribution in [0.15, 0.2) is 4.42 Å². The second-order valence-electron chi connectivity index (χ2n) is 4.05. The minimum absolute atomic E-state index is 0.124. The van der Waals surface area contributed by atoms with Crippen molar-refractivity contribution in [1.82, 2.24) is 15.5 Å². The Balaban J connectivity index is 1.84. The highest BCUT2D eigenvalue weighted by Gasteiger charge is 2.21. The molecule has 2 rings (SSSR count). The molecule has 1 heterocycles. The fourth-order valence-electron chi connectivity index (χ4n) is 1.43. The molecule has 1 unspecified atom stereocenters. The molecule has 1 aliphatic carbocycles. The van der Waals surface area contributed by atoms with Crippen LogP contribution in [0.25, 0.3) is 0 Å². The molecule has 0 spiro atoms. The number of hydrogen-bond donors (Lipinski definition) is 2. The van der Waals surface area contributed by atoms with Crippen LogP contribution in [0.4, 0.5) is 6.01 Å². The van der Waals surface area contributed by atoms with Gasteiger partial charge < -0.3 is 15.1 Å². The summed E-state index contributed by atoms with van der Waals surface area (Å²) < 4.78 is 5.48. The van der Waals surface area contributed by atoms with Crippen LogP contribution in [0.5, 0.6) is 0 Å². The van der Waals surface area contributed by atoms with Gasteiger partial charge >= 0.3 is 6.01 Å². The molecular weight excluding hydrogens is 192 g/mol. The Bertz CT molecular complexity index is 308. The molecule has 1 fully saturated rings. The highest BCUT2D eigenvalue weighted by molar-refractivity contribution is 5.18. The fraction of sp³-hybridized carbons (Fsp3) is 0.800. The number of aromatic nitrogens is 2. The van der Waals surface area contributed by atoms with E-state index in [1.807, 2.05) is 6.92 Å². The maximum absolute atomic E-state index is 5.48. The Morgan fingerprint density at radius 1 is 1.47 bits per heavy atom. The first-order valence-corrected chi connectivity index (χ1v) is 5.60. The monoisotopic (exact) mass is 210 g/mol. The molecule has 0 bridgehead atoms. The normalized spacial score (nSPS) is 17.7. The van der Waals surface area contributed by atoms with Gasteiger partial charge in [0.05, 0.1) is 6.04 Å². The first kappa shape index (κ1) is 10.4. The molecule has 1 aromatic rings. The smallest absolute Gasteiger partial charge is 0.315 e. The van der Waals surface area contributed by atoms with Gasteiger partial charge in [-0.2, -0.15) is 0 Å². The summed E-state index contributed by atoms with van der Waals surface area (Å²) in [5, 5.41) is 14.3. The highest BCUT2D eigenvalue weighted by Crippen LogP contribution is 2.28. The molecule has 5 nitrogen and oxygen atoms in total. The van der Waals surface area contributed by atoms with E-state index in [0.717, 1.165) is 19.0 Å². The maximum atomic E-state index is 5.48. The van der Waals surface area contributed by atoms with E-state index in [1.54, 1.807) is 0 Å². The predicted molar refractivity (Wildman–Crippen MR) is 57.6 cm³/mol. The Morgan fingerprint density at radius 2 is 2.27 bits per heavy atom. The van der Waals surface area contributed by atoms with Gasteiger partial charge in [-0.25, -0.2) is 0 Å². The number of rotatable bonds is 6. The summed E-state index contributed by atoms with van der Waals surface area (Å²) in [5.74, 6) is 1.46. The van der Waals surface area contributed by atoms with Crippen LogP contribution in [0, 0.1) is 5.92 Å². The van der Waals surface area contributed by atoms with Gasteiger partial charge in [-0.1, -0.05) is 12.0 Å². The minimum Gasteiger partial charge on any atom is -0.406 e. The molecule has 0 amide bonds. The molecule has 2 N–H and O–H groups in total. The Labute approximate surface area is 89.6 Å². The van der Waals surface area contributed by atoms with Crippen LogP contribution in [-0.2, 0) is 0 Å². The van der Waals surface area contributed by atoms with Gasteiger partial charge in [-0.15, -0.1) is 5.10 Å². The molecule has 0 saturated heterocycles. The molecule has 0 aromatic carbocycles. The van der Waals surface area contributed by atoms with Crippen molar-refractivity contribution in [2.75, 3.05) is 18.4 Å². The topological polar surface area (TPSA) is 63.0 Å². The second-order valence-corrected chi connectivity index (χ2v) is 4.05. The van der Waals surface area contributed by atoms with E-state index in [-0.39, 0.29) is 6.04 Å². The number of nitrogens with zero attached hydrogens (tertiary/aromatic N) is 2. The molecule has 1 saturated carbocycles.